The van der Waals surface area contributed by atoms with Crippen molar-refractivity contribution in [2.45, 2.75) is 52.0 Å². The molecule has 1 aliphatic carbocycles. The first-order chi connectivity index (χ1) is 9.78. The first kappa shape index (κ1) is 14.6. The lowest BCUT2D eigenvalue weighted by atomic mass is 9.78. The van der Waals surface area contributed by atoms with Crippen molar-refractivity contribution < 1.29 is 0 Å². The van der Waals surface area contributed by atoms with Gasteiger partial charge in [-0.05, 0) is 55.2 Å². The van der Waals surface area contributed by atoms with Crippen LogP contribution in [-0.4, -0.2) is 6.54 Å². The van der Waals surface area contributed by atoms with Crippen LogP contribution in [0.1, 0.15) is 56.9 Å². The third kappa shape index (κ3) is 3.10. The third-order valence-electron chi connectivity index (χ3n) is 4.53. The van der Waals surface area contributed by atoms with E-state index in [4.69, 9.17) is 0 Å². The zero-order chi connectivity index (χ0) is 13.9. The lowest BCUT2D eigenvalue weighted by Crippen LogP contribution is -2.31. The Kier molecular flexibility index (Phi) is 4.79. The first-order valence-electron chi connectivity index (χ1n) is 7.98. The average Bonchev–Trinajstić information content (AvgIpc) is 3.00. The van der Waals surface area contributed by atoms with Crippen LogP contribution >= 0.6 is 22.7 Å². The van der Waals surface area contributed by atoms with Gasteiger partial charge in [-0.15, -0.1) is 22.7 Å². The molecule has 0 aliphatic heterocycles. The fourth-order valence-corrected chi connectivity index (χ4v) is 5.81. The molecular weight excluding hydrogens is 282 g/mol. The van der Waals surface area contributed by atoms with Crippen LogP contribution in [0.15, 0.2) is 17.5 Å². The zero-order valence-corrected chi connectivity index (χ0v) is 14.2. The highest BCUT2D eigenvalue weighted by atomic mass is 32.1. The van der Waals surface area contributed by atoms with Crippen LogP contribution < -0.4 is 5.32 Å². The Balaban J connectivity index is 1.82. The Hall–Kier alpha value is -0.380. The molecule has 3 heteroatoms. The van der Waals surface area contributed by atoms with Crippen molar-refractivity contribution in [2.24, 2.45) is 11.8 Å². The molecule has 2 heterocycles. The minimum atomic E-state index is 0.585. The van der Waals surface area contributed by atoms with Gasteiger partial charge in [-0.3, -0.25) is 0 Å². The van der Waals surface area contributed by atoms with Crippen LogP contribution in [0.25, 0.3) is 9.40 Å². The highest BCUT2D eigenvalue weighted by Gasteiger charge is 2.28. The molecule has 2 aromatic heterocycles. The largest absolute Gasteiger partial charge is 0.309 e. The molecule has 2 aromatic rings. The van der Waals surface area contributed by atoms with Crippen LogP contribution in [0, 0.1) is 11.8 Å². The second kappa shape index (κ2) is 6.59. The summed E-state index contributed by atoms with van der Waals surface area (Å²) in [5.74, 6) is 1.74. The minimum Gasteiger partial charge on any atom is -0.309 e. The van der Waals surface area contributed by atoms with E-state index in [0.29, 0.717) is 6.04 Å². The predicted octanol–water partition coefficient (Wildman–Crippen LogP) is 5.83. The molecule has 0 bridgehead atoms. The van der Waals surface area contributed by atoms with Crippen LogP contribution in [0.4, 0.5) is 0 Å². The second-order valence-corrected chi connectivity index (χ2v) is 8.32. The predicted molar refractivity (Wildman–Crippen MR) is 91.9 cm³/mol. The van der Waals surface area contributed by atoms with E-state index in [-0.39, 0.29) is 0 Å². The van der Waals surface area contributed by atoms with Crippen LogP contribution in [0.3, 0.4) is 0 Å². The van der Waals surface area contributed by atoms with Crippen molar-refractivity contribution in [3.8, 4) is 0 Å². The summed E-state index contributed by atoms with van der Waals surface area (Å²) >= 11 is 3.88. The van der Waals surface area contributed by atoms with Gasteiger partial charge in [0.2, 0.25) is 0 Å². The number of thiophene rings is 2. The molecule has 1 saturated carbocycles. The van der Waals surface area contributed by atoms with E-state index in [2.05, 4.69) is 36.7 Å². The smallest absolute Gasteiger partial charge is 0.0454 e. The molecule has 3 rings (SSSR count). The van der Waals surface area contributed by atoms with E-state index in [1.807, 2.05) is 22.7 Å². The monoisotopic (exact) mass is 307 g/mol. The van der Waals surface area contributed by atoms with Crippen LogP contribution in [-0.2, 0) is 0 Å². The summed E-state index contributed by atoms with van der Waals surface area (Å²) in [6, 6.07) is 5.30. The highest BCUT2D eigenvalue weighted by molar-refractivity contribution is 7.26. The normalized spacial score (nSPS) is 25.1. The maximum absolute atomic E-state index is 3.84. The number of hydrogen-bond acceptors (Lipinski definition) is 3. The SMILES string of the molecule is CCCNC(c1cc2sccc2s1)C1CCCC(C)C1. The highest BCUT2D eigenvalue weighted by Crippen LogP contribution is 2.41. The summed E-state index contributed by atoms with van der Waals surface area (Å²) in [5, 5.41) is 6.05. The standard InChI is InChI=1S/C17H25NS2/c1-3-8-18-17(13-6-4-5-12(2)10-13)16-11-15-14(20-16)7-9-19-15/h7,9,11-13,17-18H,3-6,8,10H2,1-2H3. The molecule has 1 aliphatic rings. The van der Waals surface area contributed by atoms with Crippen molar-refractivity contribution in [1.29, 1.82) is 0 Å². The van der Waals surface area contributed by atoms with Crippen molar-refractivity contribution >= 4 is 32.1 Å². The van der Waals surface area contributed by atoms with Gasteiger partial charge < -0.3 is 5.32 Å². The van der Waals surface area contributed by atoms with Crippen LogP contribution in [0.5, 0.6) is 0 Å². The maximum Gasteiger partial charge on any atom is 0.0454 e. The fourth-order valence-electron chi connectivity index (χ4n) is 3.52. The summed E-state index contributed by atoms with van der Waals surface area (Å²) in [5.41, 5.74) is 0. The molecule has 110 valence electrons. The Morgan fingerprint density at radius 3 is 3.00 bits per heavy atom. The van der Waals surface area contributed by atoms with Crippen molar-refractivity contribution in [1.82, 2.24) is 5.32 Å². The van der Waals surface area contributed by atoms with Gasteiger partial charge in [-0.2, -0.15) is 0 Å². The number of rotatable bonds is 5. The molecule has 0 radical (unpaired) electrons. The average molecular weight is 308 g/mol. The number of nitrogens with one attached hydrogen (secondary N) is 1. The molecule has 20 heavy (non-hydrogen) atoms. The molecule has 0 saturated heterocycles. The fraction of sp³-hybridized carbons (Fsp3) is 0.647. The summed E-state index contributed by atoms with van der Waals surface area (Å²) < 4.78 is 2.94. The molecule has 1 nitrogen and oxygen atoms in total. The molecule has 3 unspecified atom stereocenters. The lowest BCUT2D eigenvalue weighted by molar-refractivity contribution is 0.226. The quantitative estimate of drug-likeness (QED) is 0.733. The molecular formula is C17H25NS2. The van der Waals surface area contributed by atoms with Gasteiger partial charge >= 0.3 is 0 Å². The Morgan fingerprint density at radius 2 is 2.25 bits per heavy atom. The van der Waals surface area contributed by atoms with Gasteiger partial charge in [-0.1, -0.05) is 26.7 Å². The lowest BCUT2D eigenvalue weighted by Gasteiger charge is -2.33. The van der Waals surface area contributed by atoms with E-state index in [1.54, 1.807) is 4.88 Å². The number of fused-ring (bicyclic) bond motifs is 1. The van der Waals surface area contributed by atoms with Crippen molar-refractivity contribution in [3.05, 3.63) is 22.4 Å². The molecule has 3 atom stereocenters. The summed E-state index contributed by atoms with van der Waals surface area (Å²) in [4.78, 5) is 1.57. The maximum atomic E-state index is 3.84. The first-order valence-corrected chi connectivity index (χ1v) is 9.68. The second-order valence-electron chi connectivity index (χ2n) is 6.26. The van der Waals surface area contributed by atoms with E-state index >= 15 is 0 Å². The van der Waals surface area contributed by atoms with E-state index in [1.165, 1.54) is 41.5 Å². The van der Waals surface area contributed by atoms with Crippen molar-refractivity contribution in [2.75, 3.05) is 6.54 Å². The van der Waals surface area contributed by atoms with Gasteiger partial charge in [0.25, 0.3) is 0 Å². The summed E-state index contributed by atoms with van der Waals surface area (Å²) in [6.07, 6.45) is 6.86. The van der Waals surface area contributed by atoms with Crippen LogP contribution in [0.2, 0.25) is 0 Å². The zero-order valence-electron chi connectivity index (χ0n) is 12.5. The van der Waals surface area contributed by atoms with Gasteiger partial charge in [0.1, 0.15) is 0 Å². The third-order valence-corrected chi connectivity index (χ3v) is 6.70. The van der Waals surface area contributed by atoms with Gasteiger partial charge in [0, 0.05) is 20.3 Å². The number of hydrogen-bond donors (Lipinski definition) is 1. The topological polar surface area (TPSA) is 12.0 Å². The molecule has 0 amide bonds. The van der Waals surface area contributed by atoms with Crippen molar-refractivity contribution in [3.63, 3.8) is 0 Å². The molecule has 0 spiro atoms. The summed E-state index contributed by atoms with van der Waals surface area (Å²) in [7, 11) is 0. The minimum absolute atomic E-state index is 0.585. The van der Waals surface area contributed by atoms with Gasteiger partial charge in [-0.25, -0.2) is 0 Å². The molecule has 1 N–H and O–H groups in total. The van der Waals surface area contributed by atoms with Gasteiger partial charge in [0.15, 0.2) is 0 Å². The molecule has 0 aromatic carbocycles. The Morgan fingerprint density at radius 1 is 1.35 bits per heavy atom. The van der Waals surface area contributed by atoms with E-state index in [0.717, 1.165) is 18.4 Å². The Bertz CT molecular complexity index is 513. The molecule has 1 fully saturated rings. The van der Waals surface area contributed by atoms with Gasteiger partial charge in [0.05, 0.1) is 0 Å². The summed E-state index contributed by atoms with van der Waals surface area (Å²) in [6.45, 7) is 5.83. The Labute approximate surface area is 130 Å². The van der Waals surface area contributed by atoms with E-state index in [9.17, 15) is 0 Å². The van der Waals surface area contributed by atoms with E-state index < -0.39 is 0 Å².